The lowest BCUT2D eigenvalue weighted by molar-refractivity contribution is 0.419. The summed E-state index contributed by atoms with van der Waals surface area (Å²) in [6.45, 7) is 8.63. The molecule has 0 saturated carbocycles. The first-order valence-corrected chi connectivity index (χ1v) is 8.16. The zero-order valence-electron chi connectivity index (χ0n) is 12.2. The van der Waals surface area contributed by atoms with Crippen LogP contribution in [0.3, 0.4) is 0 Å². The molecule has 1 aromatic carbocycles. The number of sulfonamides is 1. The molecule has 0 radical (unpaired) electrons. The van der Waals surface area contributed by atoms with E-state index in [1.54, 1.807) is 6.07 Å². The van der Waals surface area contributed by atoms with E-state index < -0.39 is 10.0 Å². The van der Waals surface area contributed by atoms with Gasteiger partial charge in [0.2, 0.25) is 10.0 Å². The largest absolute Gasteiger partial charge is 0.398 e. The normalized spacial score (nSPS) is 12.1. The molecule has 0 fully saturated rings. The lowest BCUT2D eigenvalue weighted by Gasteiger charge is -2.23. The van der Waals surface area contributed by atoms with E-state index in [2.05, 4.69) is 0 Å². The smallest absolute Gasteiger partial charge is 0.245 e. The molecule has 0 aromatic heterocycles. The average Bonchev–Trinajstić information content (AvgIpc) is 2.34. The maximum atomic E-state index is 12.7. The molecule has 0 bridgehead atoms. The van der Waals surface area contributed by atoms with Gasteiger partial charge in [0.15, 0.2) is 0 Å². The van der Waals surface area contributed by atoms with Crippen molar-refractivity contribution in [1.29, 1.82) is 0 Å². The highest BCUT2D eigenvalue weighted by atomic mass is 32.2. The minimum atomic E-state index is -3.50. The van der Waals surface area contributed by atoms with Crippen molar-refractivity contribution in [3.05, 3.63) is 23.3 Å². The predicted octanol–water partition coefficient (Wildman–Crippen LogP) is 2.70. The Morgan fingerprint density at radius 1 is 1.21 bits per heavy atom. The van der Waals surface area contributed by atoms with Gasteiger partial charge in [0.05, 0.1) is 5.69 Å². The molecule has 0 atom stereocenters. The summed E-state index contributed by atoms with van der Waals surface area (Å²) >= 11 is 0. The second kappa shape index (κ2) is 6.39. The first-order chi connectivity index (χ1) is 8.86. The van der Waals surface area contributed by atoms with Gasteiger partial charge < -0.3 is 5.73 Å². The van der Waals surface area contributed by atoms with E-state index in [4.69, 9.17) is 5.73 Å². The molecular formula is C14H24N2O2S. The number of nitrogens with zero attached hydrogens (tertiary/aromatic N) is 1. The van der Waals surface area contributed by atoms with Crippen molar-refractivity contribution in [2.24, 2.45) is 0 Å². The van der Waals surface area contributed by atoms with E-state index in [1.165, 1.54) is 4.31 Å². The summed E-state index contributed by atoms with van der Waals surface area (Å²) in [5.41, 5.74) is 7.91. The summed E-state index contributed by atoms with van der Waals surface area (Å²) in [6, 6.07) is 3.52. The first-order valence-electron chi connectivity index (χ1n) is 6.72. The lowest BCUT2D eigenvalue weighted by atomic mass is 10.1. The highest BCUT2D eigenvalue weighted by Gasteiger charge is 2.27. The van der Waals surface area contributed by atoms with Crippen molar-refractivity contribution in [3.8, 4) is 0 Å². The number of benzene rings is 1. The van der Waals surface area contributed by atoms with E-state index in [-0.39, 0.29) is 4.90 Å². The summed E-state index contributed by atoms with van der Waals surface area (Å²) in [7, 11) is -3.50. The van der Waals surface area contributed by atoms with Crippen LogP contribution in [0.2, 0.25) is 0 Å². The number of anilines is 1. The summed E-state index contributed by atoms with van der Waals surface area (Å²) in [5, 5.41) is 0. The molecule has 1 aromatic rings. The Morgan fingerprint density at radius 2 is 1.84 bits per heavy atom. The van der Waals surface area contributed by atoms with Crippen LogP contribution in [0.25, 0.3) is 0 Å². The Morgan fingerprint density at radius 3 is 2.37 bits per heavy atom. The fourth-order valence-electron chi connectivity index (χ4n) is 2.07. The highest BCUT2D eigenvalue weighted by Crippen LogP contribution is 2.28. The first kappa shape index (κ1) is 16.0. The van der Waals surface area contributed by atoms with Crippen LogP contribution in [0.15, 0.2) is 17.0 Å². The van der Waals surface area contributed by atoms with Gasteiger partial charge in [-0.15, -0.1) is 0 Å². The molecule has 4 nitrogen and oxygen atoms in total. The average molecular weight is 284 g/mol. The van der Waals surface area contributed by atoms with Gasteiger partial charge >= 0.3 is 0 Å². The standard InChI is InChI=1S/C14H24N2O2S/c1-5-7-10-16(6-2)19(17,18)14-12(4)11(3)8-9-13(14)15/h8-9H,5-7,10,15H2,1-4H3. The van der Waals surface area contributed by atoms with E-state index in [1.807, 2.05) is 33.8 Å². The molecule has 108 valence electrons. The van der Waals surface area contributed by atoms with Gasteiger partial charge in [-0.2, -0.15) is 4.31 Å². The zero-order valence-corrected chi connectivity index (χ0v) is 13.0. The predicted molar refractivity (Wildman–Crippen MR) is 79.7 cm³/mol. The number of rotatable bonds is 6. The summed E-state index contributed by atoms with van der Waals surface area (Å²) < 4.78 is 26.9. The SMILES string of the molecule is CCCCN(CC)S(=O)(=O)c1c(N)ccc(C)c1C. The van der Waals surface area contributed by atoms with Crippen LogP contribution in [0.4, 0.5) is 5.69 Å². The third-order valence-electron chi connectivity index (χ3n) is 3.42. The molecule has 0 aliphatic carbocycles. The Kier molecular flexibility index (Phi) is 5.38. The maximum absolute atomic E-state index is 12.7. The Hall–Kier alpha value is -1.07. The number of nitrogens with two attached hydrogens (primary N) is 1. The minimum Gasteiger partial charge on any atom is -0.398 e. The van der Waals surface area contributed by atoms with Crippen molar-refractivity contribution < 1.29 is 8.42 Å². The van der Waals surface area contributed by atoms with Crippen molar-refractivity contribution in [2.75, 3.05) is 18.8 Å². The summed E-state index contributed by atoms with van der Waals surface area (Å²) in [5.74, 6) is 0. The number of hydrogen-bond acceptors (Lipinski definition) is 3. The third-order valence-corrected chi connectivity index (χ3v) is 5.60. The quantitative estimate of drug-likeness (QED) is 0.817. The maximum Gasteiger partial charge on any atom is 0.245 e. The van der Waals surface area contributed by atoms with Gasteiger partial charge in [-0.3, -0.25) is 0 Å². The second-order valence-corrected chi connectivity index (χ2v) is 6.65. The van der Waals surface area contributed by atoms with E-state index in [0.717, 1.165) is 24.0 Å². The van der Waals surface area contributed by atoms with Crippen molar-refractivity contribution in [1.82, 2.24) is 4.31 Å². The zero-order chi connectivity index (χ0) is 14.6. The molecule has 1 rings (SSSR count). The summed E-state index contributed by atoms with van der Waals surface area (Å²) in [6.07, 6.45) is 1.83. The molecule has 19 heavy (non-hydrogen) atoms. The van der Waals surface area contributed by atoms with Crippen LogP contribution >= 0.6 is 0 Å². The molecule has 0 heterocycles. The number of unbranched alkanes of at least 4 members (excludes halogenated alkanes) is 1. The molecule has 0 saturated heterocycles. The van der Waals surface area contributed by atoms with Gasteiger partial charge in [0, 0.05) is 13.1 Å². The van der Waals surface area contributed by atoms with Gasteiger partial charge in [0.1, 0.15) is 4.90 Å². The molecular weight excluding hydrogens is 260 g/mol. The highest BCUT2D eigenvalue weighted by molar-refractivity contribution is 7.89. The number of nitrogen functional groups attached to an aromatic ring is 1. The van der Waals surface area contributed by atoms with Crippen LogP contribution in [-0.2, 0) is 10.0 Å². The molecule has 2 N–H and O–H groups in total. The second-order valence-electron chi connectivity index (χ2n) is 4.78. The number of aryl methyl sites for hydroxylation is 1. The minimum absolute atomic E-state index is 0.269. The van der Waals surface area contributed by atoms with Crippen LogP contribution in [0.5, 0.6) is 0 Å². The molecule has 5 heteroatoms. The molecule has 0 spiro atoms. The van der Waals surface area contributed by atoms with Crippen molar-refractivity contribution in [3.63, 3.8) is 0 Å². The van der Waals surface area contributed by atoms with Crippen LogP contribution in [-0.4, -0.2) is 25.8 Å². The summed E-state index contributed by atoms with van der Waals surface area (Å²) in [4.78, 5) is 0.269. The Balaban J connectivity index is 3.30. The molecule has 0 aliphatic heterocycles. The monoisotopic (exact) mass is 284 g/mol. The third kappa shape index (κ3) is 3.28. The van der Waals surface area contributed by atoms with Gasteiger partial charge in [-0.05, 0) is 37.5 Å². The van der Waals surface area contributed by atoms with Crippen LogP contribution in [0.1, 0.15) is 37.8 Å². The van der Waals surface area contributed by atoms with Crippen LogP contribution in [0, 0.1) is 13.8 Å². The lowest BCUT2D eigenvalue weighted by Crippen LogP contribution is -2.33. The van der Waals surface area contributed by atoms with E-state index in [9.17, 15) is 8.42 Å². The Labute approximate surface area is 116 Å². The fourth-order valence-corrected chi connectivity index (χ4v) is 3.95. The van der Waals surface area contributed by atoms with E-state index in [0.29, 0.717) is 18.8 Å². The van der Waals surface area contributed by atoms with Gasteiger partial charge in [0.25, 0.3) is 0 Å². The van der Waals surface area contributed by atoms with Gasteiger partial charge in [-0.1, -0.05) is 26.3 Å². The molecule has 0 unspecified atom stereocenters. The topological polar surface area (TPSA) is 63.4 Å². The van der Waals surface area contributed by atoms with E-state index >= 15 is 0 Å². The number of hydrogen-bond donors (Lipinski definition) is 1. The molecule has 0 aliphatic rings. The molecule has 0 amide bonds. The Bertz CT molecular complexity index is 539. The van der Waals surface area contributed by atoms with Gasteiger partial charge in [-0.25, -0.2) is 8.42 Å². The van der Waals surface area contributed by atoms with Crippen molar-refractivity contribution >= 4 is 15.7 Å². The fraction of sp³-hybridized carbons (Fsp3) is 0.571. The van der Waals surface area contributed by atoms with Crippen LogP contribution < -0.4 is 5.73 Å². The van der Waals surface area contributed by atoms with Crippen molar-refractivity contribution in [2.45, 2.75) is 45.4 Å².